The van der Waals surface area contributed by atoms with Gasteiger partial charge in [-0.2, -0.15) is 5.10 Å². The predicted octanol–water partition coefficient (Wildman–Crippen LogP) is 5.10. The average Bonchev–Trinajstić information content (AvgIpc) is 3.44. The normalized spacial score (nSPS) is 12.6. The number of sulfonamides is 1. The lowest BCUT2D eigenvalue weighted by atomic mass is 10.2. The minimum Gasteiger partial charge on any atom is -0.311 e. The van der Waals surface area contributed by atoms with Gasteiger partial charge in [0.15, 0.2) is 5.82 Å². The van der Waals surface area contributed by atoms with E-state index in [4.69, 9.17) is 11.6 Å². The zero-order valence-corrected chi connectivity index (χ0v) is 22.7. The summed E-state index contributed by atoms with van der Waals surface area (Å²) in [6.07, 6.45) is 0.636. The number of nitrogens with zero attached hydrogens (tertiary/aromatic N) is 4. The molecule has 2 aromatic carbocycles. The van der Waals surface area contributed by atoms with Crippen LogP contribution in [0, 0.1) is 25.5 Å². The number of anilines is 1. The van der Waals surface area contributed by atoms with Crippen LogP contribution in [-0.4, -0.2) is 35.1 Å². The minimum absolute atomic E-state index is 0.107. The number of halogens is 3. The van der Waals surface area contributed by atoms with E-state index in [2.05, 4.69) is 25.5 Å². The van der Waals surface area contributed by atoms with Crippen LogP contribution >= 0.6 is 22.9 Å². The third kappa shape index (κ3) is 6.15. The van der Waals surface area contributed by atoms with E-state index >= 15 is 0 Å². The summed E-state index contributed by atoms with van der Waals surface area (Å²) < 4.78 is 57.3. The lowest BCUT2D eigenvalue weighted by Gasteiger charge is -2.29. The van der Waals surface area contributed by atoms with Crippen molar-refractivity contribution in [3.8, 4) is 0 Å². The summed E-state index contributed by atoms with van der Waals surface area (Å²) in [6.45, 7) is 6.38. The number of hydrogen-bond donors (Lipinski definition) is 2. The van der Waals surface area contributed by atoms with E-state index in [9.17, 15) is 17.2 Å². The quantitative estimate of drug-likeness (QED) is 0.259. The smallest absolute Gasteiger partial charge is 0.265 e. The Kier molecular flexibility index (Phi) is 8.22. The van der Waals surface area contributed by atoms with Crippen LogP contribution in [0.3, 0.4) is 0 Å². The predicted molar refractivity (Wildman–Crippen MR) is 139 cm³/mol. The Bertz CT molecular complexity index is 1490. The molecule has 0 saturated heterocycles. The first-order valence-electron chi connectivity index (χ1n) is 11.4. The molecule has 0 aliphatic rings. The minimum atomic E-state index is -4.31. The van der Waals surface area contributed by atoms with E-state index in [1.807, 2.05) is 13.8 Å². The fourth-order valence-electron chi connectivity index (χ4n) is 3.72. The Labute approximate surface area is 222 Å². The van der Waals surface area contributed by atoms with E-state index in [0.717, 1.165) is 38.9 Å². The molecule has 0 amide bonds. The van der Waals surface area contributed by atoms with E-state index < -0.39 is 33.4 Å². The van der Waals surface area contributed by atoms with Gasteiger partial charge in [-0.15, -0.1) is 11.3 Å². The van der Waals surface area contributed by atoms with Gasteiger partial charge in [-0.05, 0) is 57.2 Å². The molecule has 0 aliphatic heterocycles. The zero-order chi connectivity index (χ0) is 26.7. The third-order valence-electron chi connectivity index (χ3n) is 5.59. The Balaban J connectivity index is 1.62. The molecule has 196 valence electrons. The van der Waals surface area contributed by atoms with Crippen molar-refractivity contribution in [1.29, 1.82) is 0 Å². The van der Waals surface area contributed by atoms with Gasteiger partial charge in [0.1, 0.15) is 22.5 Å². The lowest BCUT2D eigenvalue weighted by molar-refractivity contribution is 0.570. The third-order valence-corrected chi connectivity index (χ3v) is 9.07. The molecule has 0 aliphatic carbocycles. The molecule has 0 radical (unpaired) electrons. The SMILES string of the molecule is Cc1nc(CCNCc2sc(C(C)N(c3cc(F)ccc3F)S(=O)(=O)c3ccc(Cl)cc3)nc2C)n[nH]1. The van der Waals surface area contributed by atoms with Gasteiger partial charge in [0, 0.05) is 35.5 Å². The molecular formula is C24H25ClF2N6O2S2. The highest BCUT2D eigenvalue weighted by atomic mass is 35.5. The highest BCUT2D eigenvalue weighted by Gasteiger charge is 2.34. The molecular weight excluding hydrogens is 542 g/mol. The largest absolute Gasteiger partial charge is 0.311 e. The molecule has 13 heteroatoms. The maximum absolute atomic E-state index is 14.9. The van der Waals surface area contributed by atoms with Crippen LogP contribution in [0.2, 0.25) is 5.02 Å². The van der Waals surface area contributed by atoms with Crippen molar-refractivity contribution >= 4 is 38.6 Å². The van der Waals surface area contributed by atoms with Crippen molar-refractivity contribution in [3.05, 3.63) is 86.3 Å². The first-order chi connectivity index (χ1) is 17.6. The van der Waals surface area contributed by atoms with Crippen molar-refractivity contribution in [3.63, 3.8) is 0 Å². The first kappa shape index (κ1) is 27.1. The van der Waals surface area contributed by atoms with Gasteiger partial charge >= 0.3 is 0 Å². The molecule has 2 aromatic heterocycles. The van der Waals surface area contributed by atoms with Crippen LogP contribution < -0.4 is 9.62 Å². The molecule has 8 nitrogen and oxygen atoms in total. The van der Waals surface area contributed by atoms with E-state index in [-0.39, 0.29) is 4.90 Å². The monoisotopic (exact) mass is 566 g/mol. The Morgan fingerprint density at radius 3 is 2.54 bits per heavy atom. The van der Waals surface area contributed by atoms with Crippen LogP contribution in [0.1, 0.15) is 40.2 Å². The molecule has 1 unspecified atom stereocenters. The summed E-state index contributed by atoms with van der Waals surface area (Å²) in [5, 5.41) is 11.0. The summed E-state index contributed by atoms with van der Waals surface area (Å²) in [7, 11) is -4.31. The summed E-state index contributed by atoms with van der Waals surface area (Å²) in [5.41, 5.74) is 0.313. The van der Waals surface area contributed by atoms with Gasteiger partial charge < -0.3 is 5.32 Å². The average molecular weight is 567 g/mol. The van der Waals surface area contributed by atoms with Crippen LogP contribution in [0.15, 0.2) is 47.4 Å². The van der Waals surface area contributed by atoms with Gasteiger partial charge in [-0.1, -0.05) is 11.6 Å². The second kappa shape index (κ2) is 11.2. The summed E-state index contributed by atoms with van der Waals surface area (Å²) in [4.78, 5) is 9.64. The number of thiazole rings is 1. The van der Waals surface area contributed by atoms with Gasteiger partial charge in [0.2, 0.25) is 0 Å². The number of nitrogens with one attached hydrogen (secondary N) is 2. The highest BCUT2D eigenvalue weighted by Crippen LogP contribution is 2.37. The molecule has 0 fully saturated rings. The van der Waals surface area contributed by atoms with Crippen LogP contribution in [0.5, 0.6) is 0 Å². The number of aryl methyl sites for hydroxylation is 2. The van der Waals surface area contributed by atoms with E-state index in [1.54, 1.807) is 6.92 Å². The zero-order valence-electron chi connectivity index (χ0n) is 20.3. The molecule has 0 bridgehead atoms. The van der Waals surface area contributed by atoms with Crippen molar-refractivity contribution in [1.82, 2.24) is 25.5 Å². The molecule has 2 N–H and O–H groups in total. The fourth-order valence-corrected chi connectivity index (χ4v) is 6.61. The second-order valence-corrected chi connectivity index (χ2v) is 11.7. The van der Waals surface area contributed by atoms with Gasteiger partial charge in [0.25, 0.3) is 10.0 Å². The standard InChI is InChI=1S/C24H25ClF2N6O2S2/c1-14-22(13-28-11-10-23-30-16(3)31-32-23)36-24(29-14)15(2)33(21-12-18(26)6-9-20(21)27)37(34,35)19-7-4-17(25)5-8-19/h4-9,12,15,28H,10-11,13H2,1-3H3,(H,30,31,32). The lowest BCUT2D eigenvalue weighted by Crippen LogP contribution is -2.34. The first-order valence-corrected chi connectivity index (χ1v) is 14.0. The molecule has 2 heterocycles. The van der Waals surface area contributed by atoms with E-state index in [1.165, 1.54) is 35.6 Å². The summed E-state index contributed by atoms with van der Waals surface area (Å²) >= 11 is 7.24. The molecule has 37 heavy (non-hydrogen) atoms. The van der Waals surface area contributed by atoms with Gasteiger partial charge in [-0.25, -0.2) is 27.2 Å². The molecule has 0 saturated carbocycles. The molecule has 4 aromatic rings. The Hall–Kier alpha value is -2.93. The molecule has 0 spiro atoms. The summed E-state index contributed by atoms with van der Waals surface area (Å²) in [6, 6.07) is 7.29. The number of aromatic nitrogens is 4. The van der Waals surface area contributed by atoms with Crippen molar-refractivity contribution in [2.24, 2.45) is 0 Å². The van der Waals surface area contributed by atoms with Gasteiger partial charge in [-0.3, -0.25) is 9.40 Å². The van der Waals surface area contributed by atoms with E-state index in [0.29, 0.717) is 35.4 Å². The Morgan fingerprint density at radius 2 is 1.86 bits per heavy atom. The number of rotatable bonds is 10. The number of hydrogen-bond acceptors (Lipinski definition) is 7. The summed E-state index contributed by atoms with van der Waals surface area (Å²) in [5.74, 6) is -0.176. The van der Waals surface area contributed by atoms with Crippen LogP contribution in [0.4, 0.5) is 14.5 Å². The maximum Gasteiger partial charge on any atom is 0.265 e. The van der Waals surface area contributed by atoms with Crippen molar-refractivity contribution in [2.75, 3.05) is 10.8 Å². The number of aromatic amines is 1. The number of H-pyrrole nitrogens is 1. The van der Waals surface area contributed by atoms with Crippen LogP contribution in [-0.2, 0) is 23.0 Å². The molecule has 4 rings (SSSR count). The second-order valence-electron chi connectivity index (χ2n) is 8.35. The topological polar surface area (TPSA) is 104 Å². The number of benzene rings is 2. The van der Waals surface area contributed by atoms with Crippen molar-refractivity contribution < 1.29 is 17.2 Å². The Morgan fingerprint density at radius 1 is 1.14 bits per heavy atom. The fraction of sp³-hybridized carbons (Fsp3) is 0.292. The van der Waals surface area contributed by atoms with Gasteiger partial charge in [0.05, 0.1) is 22.3 Å². The maximum atomic E-state index is 14.9. The van der Waals surface area contributed by atoms with Crippen molar-refractivity contribution in [2.45, 2.75) is 44.7 Å². The van der Waals surface area contributed by atoms with Crippen LogP contribution in [0.25, 0.3) is 0 Å². The highest BCUT2D eigenvalue weighted by molar-refractivity contribution is 7.92. The molecule has 1 atom stereocenters.